The normalized spacial score (nSPS) is 19.1. The van der Waals surface area contributed by atoms with E-state index in [1.165, 1.54) is 0 Å². The maximum absolute atomic E-state index is 12.3. The Balaban J connectivity index is 1.74. The van der Waals surface area contributed by atoms with Crippen molar-refractivity contribution in [1.29, 1.82) is 0 Å². The van der Waals surface area contributed by atoms with Crippen molar-refractivity contribution >= 4 is 21.8 Å². The van der Waals surface area contributed by atoms with E-state index in [0.717, 1.165) is 5.56 Å². The van der Waals surface area contributed by atoms with Crippen molar-refractivity contribution in [3.05, 3.63) is 58.5 Å². The zero-order valence-electron chi connectivity index (χ0n) is 10.8. The van der Waals surface area contributed by atoms with Gasteiger partial charge in [-0.15, -0.1) is 0 Å². The van der Waals surface area contributed by atoms with Crippen molar-refractivity contribution in [2.45, 2.75) is 6.10 Å². The Bertz CT molecular complexity index is 596. The quantitative estimate of drug-likeness (QED) is 0.845. The standard InChI is InChI=1S/C15H14BrNO3/c16-14-7-6-12(20-14)15(18)17-8-9-19-13(10-17)11-4-2-1-3-5-11/h1-7,13H,8-10H2/t13-/m1/s1. The van der Waals surface area contributed by atoms with Crippen LogP contribution in [0.1, 0.15) is 22.2 Å². The number of carbonyl (C=O) groups excluding carboxylic acids is 1. The summed E-state index contributed by atoms with van der Waals surface area (Å²) in [5, 5.41) is 0. The number of halogens is 1. The topological polar surface area (TPSA) is 42.7 Å². The fraction of sp³-hybridized carbons (Fsp3) is 0.267. The molecular weight excluding hydrogens is 322 g/mol. The fourth-order valence-electron chi connectivity index (χ4n) is 2.29. The van der Waals surface area contributed by atoms with Crippen molar-refractivity contribution in [1.82, 2.24) is 4.90 Å². The number of furan rings is 1. The molecule has 4 nitrogen and oxygen atoms in total. The maximum Gasteiger partial charge on any atom is 0.289 e. The molecule has 1 atom stereocenters. The highest BCUT2D eigenvalue weighted by Gasteiger charge is 2.27. The molecule has 20 heavy (non-hydrogen) atoms. The van der Waals surface area contributed by atoms with E-state index >= 15 is 0 Å². The molecule has 1 aromatic heterocycles. The van der Waals surface area contributed by atoms with Gasteiger partial charge in [-0.1, -0.05) is 30.3 Å². The summed E-state index contributed by atoms with van der Waals surface area (Å²) in [7, 11) is 0. The average Bonchev–Trinajstić information content (AvgIpc) is 2.94. The first kappa shape index (κ1) is 13.4. The molecule has 0 N–H and O–H groups in total. The Labute approximate surface area is 125 Å². The Hall–Kier alpha value is -1.59. The van der Waals surface area contributed by atoms with E-state index in [9.17, 15) is 4.79 Å². The minimum atomic E-state index is -0.0973. The number of benzene rings is 1. The molecule has 3 rings (SSSR count). The van der Waals surface area contributed by atoms with Crippen LogP contribution in [-0.4, -0.2) is 30.5 Å². The summed E-state index contributed by atoms with van der Waals surface area (Å²) in [5.41, 5.74) is 1.09. The molecule has 0 unspecified atom stereocenters. The van der Waals surface area contributed by atoms with Crippen LogP contribution in [0.2, 0.25) is 0 Å². The molecule has 0 spiro atoms. The van der Waals surface area contributed by atoms with Crippen LogP contribution in [0.15, 0.2) is 51.6 Å². The van der Waals surface area contributed by atoms with Crippen LogP contribution in [0.4, 0.5) is 0 Å². The summed E-state index contributed by atoms with van der Waals surface area (Å²) < 4.78 is 11.6. The zero-order valence-corrected chi connectivity index (χ0v) is 12.4. The first-order chi connectivity index (χ1) is 9.74. The van der Waals surface area contributed by atoms with Gasteiger partial charge in [-0.2, -0.15) is 0 Å². The Morgan fingerprint density at radius 1 is 1.20 bits per heavy atom. The van der Waals surface area contributed by atoms with Gasteiger partial charge in [0.2, 0.25) is 0 Å². The number of amides is 1. The summed E-state index contributed by atoms with van der Waals surface area (Å²) >= 11 is 3.21. The lowest BCUT2D eigenvalue weighted by molar-refractivity contribution is -0.0238. The molecule has 1 fully saturated rings. The Kier molecular flexibility index (Phi) is 3.89. The predicted molar refractivity (Wildman–Crippen MR) is 77.4 cm³/mol. The third-order valence-electron chi connectivity index (χ3n) is 3.31. The van der Waals surface area contributed by atoms with Gasteiger partial charge < -0.3 is 14.1 Å². The first-order valence-electron chi connectivity index (χ1n) is 6.45. The van der Waals surface area contributed by atoms with Gasteiger partial charge in [-0.25, -0.2) is 0 Å². The predicted octanol–water partition coefficient (Wildman–Crippen LogP) is 3.26. The van der Waals surface area contributed by atoms with E-state index < -0.39 is 0 Å². The fourth-order valence-corrected chi connectivity index (χ4v) is 2.59. The zero-order chi connectivity index (χ0) is 13.9. The lowest BCUT2D eigenvalue weighted by Gasteiger charge is -2.32. The van der Waals surface area contributed by atoms with E-state index in [1.807, 2.05) is 30.3 Å². The van der Waals surface area contributed by atoms with Gasteiger partial charge in [0.05, 0.1) is 13.2 Å². The molecule has 1 aromatic carbocycles. The molecule has 0 saturated carbocycles. The molecule has 0 bridgehead atoms. The second kappa shape index (κ2) is 5.81. The molecule has 0 radical (unpaired) electrons. The van der Waals surface area contributed by atoms with Crippen LogP contribution < -0.4 is 0 Å². The van der Waals surface area contributed by atoms with E-state index in [2.05, 4.69) is 15.9 Å². The number of hydrogen-bond acceptors (Lipinski definition) is 3. The number of nitrogens with zero attached hydrogens (tertiary/aromatic N) is 1. The van der Waals surface area contributed by atoms with E-state index in [1.54, 1.807) is 17.0 Å². The molecule has 0 aliphatic carbocycles. The third-order valence-corrected chi connectivity index (χ3v) is 3.74. The van der Waals surface area contributed by atoms with Gasteiger partial charge in [0, 0.05) is 6.54 Å². The van der Waals surface area contributed by atoms with Crippen LogP contribution in [0, 0.1) is 0 Å². The summed E-state index contributed by atoms with van der Waals surface area (Å²) in [6.07, 6.45) is -0.0766. The second-order valence-corrected chi connectivity index (χ2v) is 5.41. The van der Waals surface area contributed by atoms with Crippen molar-refractivity contribution in [2.75, 3.05) is 19.7 Å². The number of hydrogen-bond donors (Lipinski definition) is 0. The molecule has 1 saturated heterocycles. The number of morpholine rings is 1. The maximum atomic E-state index is 12.3. The number of carbonyl (C=O) groups is 1. The molecule has 104 valence electrons. The largest absolute Gasteiger partial charge is 0.444 e. The van der Waals surface area contributed by atoms with Gasteiger partial charge in [-0.3, -0.25) is 4.79 Å². The minimum absolute atomic E-state index is 0.0766. The summed E-state index contributed by atoms with van der Waals surface area (Å²) in [5.74, 6) is 0.255. The molecule has 2 aromatic rings. The summed E-state index contributed by atoms with van der Waals surface area (Å²) in [4.78, 5) is 14.1. The van der Waals surface area contributed by atoms with E-state index in [-0.39, 0.29) is 12.0 Å². The van der Waals surface area contributed by atoms with Crippen molar-refractivity contribution in [3.63, 3.8) is 0 Å². The van der Waals surface area contributed by atoms with Crippen LogP contribution in [0.3, 0.4) is 0 Å². The molecule has 1 aliphatic heterocycles. The lowest BCUT2D eigenvalue weighted by Crippen LogP contribution is -2.42. The Morgan fingerprint density at radius 3 is 2.70 bits per heavy atom. The smallest absolute Gasteiger partial charge is 0.289 e. The SMILES string of the molecule is O=C(c1ccc(Br)o1)N1CCO[C@@H](c2ccccc2)C1. The summed E-state index contributed by atoms with van der Waals surface area (Å²) in [6, 6.07) is 13.4. The molecule has 1 amide bonds. The van der Waals surface area contributed by atoms with Crippen molar-refractivity contribution in [2.24, 2.45) is 0 Å². The van der Waals surface area contributed by atoms with Crippen LogP contribution >= 0.6 is 15.9 Å². The molecule has 2 heterocycles. The third kappa shape index (κ3) is 2.78. The summed E-state index contributed by atoms with van der Waals surface area (Å²) in [6.45, 7) is 1.66. The molecule has 1 aliphatic rings. The lowest BCUT2D eigenvalue weighted by atomic mass is 10.1. The van der Waals surface area contributed by atoms with Crippen molar-refractivity contribution in [3.8, 4) is 0 Å². The highest BCUT2D eigenvalue weighted by atomic mass is 79.9. The van der Waals surface area contributed by atoms with E-state index in [0.29, 0.717) is 30.1 Å². The first-order valence-corrected chi connectivity index (χ1v) is 7.24. The highest BCUT2D eigenvalue weighted by molar-refractivity contribution is 9.10. The minimum Gasteiger partial charge on any atom is -0.444 e. The van der Waals surface area contributed by atoms with E-state index in [4.69, 9.17) is 9.15 Å². The average molecular weight is 336 g/mol. The van der Waals surface area contributed by atoms with Gasteiger partial charge in [0.25, 0.3) is 5.91 Å². The van der Waals surface area contributed by atoms with Crippen LogP contribution in [0.5, 0.6) is 0 Å². The van der Waals surface area contributed by atoms with Gasteiger partial charge in [0.1, 0.15) is 6.10 Å². The highest BCUT2D eigenvalue weighted by Crippen LogP contribution is 2.24. The number of ether oxygens (including phenoxy) is 1. The molecular formula is C15H14BrNO3. The van der Waals surface area contributed by atoms with Gasteiger partial charge in [-0.05, 0) is 33.6 Å². The Morgan fingerprint density at radius 2 is 2.00 bits per heavy atom. The monoisotopic (exact) mass is 335 g/mol. The molecule has 5 heteroatoms. The number of rotatable bonds is 2. The second-order valence-electron chi connectivity index (χ2n) is 4.63. The van der Waals surface area contributed by atoms with Gasteiger partial charge >= 0.3 is 0 Å². The van der Waals surface area contributed by atoms with Crippen LogP contribution in [0.25, 0.3) is 0 Å². The van der Waals surface area contributed by atoms with Crippen LogP contribution in [-0.2, 0) is 4.74 Å². The van der Waals surface area contributed by atoms with Gasteiger partial charge in [0.15, 0.2) is 10.4 Å². The van der Waals surface area contributed by atoms with Crippen molar-refractivity contribution < 1.29 is 13.9 Å².